The van der Waals surface area contributed by atoms with Gasteiger partial charge in [-0.25, -0.2) is 0 Å². The molecule has 2 unspecified atom stereocenters. The summed E-state index contributed by atoms with van der Waals surface area (Å²) in [4.78, 5) is 22.5. The van der Waals surface area contributed by atoms with Crippen molar-refractivity contribution in [3.63, 3.8) is 0 Å². The first-order valence-corrected chi connectivity index (χ1v) is 7.39. The second-order valence-electron chi connectivity index (χ2n) is 5.02. The van der Waals surface area contributed by atoms with Crippen molar-refractivity contribution < 1.29 is 9.72 Å². The van der Waals surface area contributed by atoms with Crippen molar-refractivity contribution in [2.45, 2.75) is 39.7 Å². The van der Waals surface area contributed by atoms with Crippen molar-refractivity contribution in [3.05, 3.63) is 38.3 Å². The zero-order chi connectivity index (χ0) is 15.3. The Kier molecular flexibility index (Phi) is 6.13. The SMILES string of the molecule is CCC(C)CC(C)NC(=O)c1cccc([N+](=O)[O-])c1Br. The van der Waals surface area contributed by atoms with Crippen molar-refractivity contribution >= 4 is 27.5 Å². The predicted molar refractivity (Wildman–Crippen MR) is 81.8 cm³/mol. The summed E-state index contributed by atoms with van der Waals surface area (Å²) in [6.07, 6.45) is 1.94. The Bertz CT molecular complexity index is 505. The van der Waals surface area contributed by atoms with Crippen molar-refractivity contribution in [1.29, 1.82) is 0 Å². The summed E-state index contributed by atoms with van der Waals surface area (Å²) < 4.78 is 0.221. The highest BCUT2D eigenvalue weighted by Crippen LogP contribution is 2.28. The average molecular weight is 343 g/mol. The first-order chi connectivity index (χ1) is 9.36. The van der Waals surface area contributed by atoms with Crippen LogP contribution in [0.5, 0.6) is 0 Å². The molecule has 1 aromatic rings. The minimum absolute atomic E-state index is 0.0311. The number of nitro benzene ring substituents is 1. The number of nitrogens with one attached hydrogen (secondary N) is 1. The number of nitro groups is 1. The first-order valence-electron chi connectivity index (χ1n) is 6.60. The fourth-order valence-electron chi connectivity index (χ4n) is 1.97. The number of carbonyl (C=O) groups is 1. The molecule has 0 aliphatic heterocycles. The number of nitrogens with zero attached hydrogens (tertiary/aromatic N) is 1. The maximum atomic E-state index is 12.2. The lowest BCUT2D eigenvalue weighted by molar-refractivity contribution is -0.385. The van der Waals surface area contributed by atoms with E-state index >= 15 is 0 Å². The van der Waals surface area contributed by atoms with Gasteiger partial charge in [-0.2, -0.15) is 0 Å². The summed E-state index contributed by atoms with van der Waals surface area (Å²) in [5, 5.41) is 13.7. The van der Waals surface area contributed by atoms with Crippen LogP contribution in [0.4, 0.5) is 5.69 Å². The Balaban J connectivity index is 2.83. The van der Waals surface area contributed by atoms with Crippen molar-refractivity contribution in [2.75, 3.05) is 0 Å². The van der Waals surface area contributed by atoms with Gasteiger partial charge in [0.05, 0.1) is 10.5 Å². The highest BCUT2D eigenvalue weighted by atomic mass is 79.9. The Labute approximate surface area is 127 Å². The highest BCUT2D eigenvalue weighted by molar-refractivity contribution is 9.10. The largest absolute Gasteiger partial charge is 0.350 e. The van der Waals surface area contributed by atoms with Crippen molar-refractivity contribution in [1.82, 2.24) is 5.32 Å². The molecule has 6 heteroatoms. The van der Waals surface area contributed by atoms with Crippen LogP contribution < -0.4 is 5.32 Å². The zero-order valence-corrected chi connectivity index (χ0v) is 13.4. The molecule has 0 spiro atoms. The van der Waals surface area contributed by atoms with E-state index in [0.717, 1.165) is 12.8 Å². The lowest BCUT2D eigenvalue weighted by atomic mass is 10.00. The summed E-state index contributed by atoms with van der Waals surface area (Å²) in [5.41, 5.74) is 0.183. The summed E-state index contributed by atoms with van der Waals surface area (Å²) in [7, 11) is 0. The average Bonchev–Trinajstić information content (AvgIpc) is 2.37. The minimum atomic E-state index is -0.510. The Morgan fingerprint density at radius 2 is 2.10 bits per heavy atom. The topological polar surface area (TPSA) is 72.2 Å². The van der Waals surface area contributed by atoms with E-state index in [1.807, 2.05) is 6.92 Å². The van der Waals surface area contributed by atoms with Crippen LogP contribution in [-0.4, -0.2) is 16.9 Å². The quantitative estimate of drug-likeness (QED) is 0.629. The smallest absolute Gasteiger partial charge is 0.284 e. The molecule has 110 valence electrons. The van der Waals surface area contributed by atoms with Gasteiger partial charge < -0.3 is 5.32 Å². The number of hydrogen-bond acceptors (Lipinski definition) is 3. The van der Waals surface area contributed by atoms with E-state index in [1.54, 1.807) is 6.07 Å². The van der Waals surface area contributed by atoms with Crippen LogP contribution >= 0.6 is 15.9 Å². The van der Waals surface area contributed by atoms with E-state index in [2.05, 4.69) is 35.1 Å². The number of halogens is 1. The molecule has 0 radical (unpaired) electrons. The summed E-state index contributed by atoms with van der Waals surface area (Å²) >= 11 is 3.13. The second-order valence-corrected chi connectivity index (χ2v) is 5.81. The molecule has 0 heterocycles. The molecule has 0 aliphatic carbocycles. The van der Waals surface area contributed by atoms with Crippen LogP contribution in [0, 0.1) is 16.0 Å². The molecule has 0 saturated carbocycles. The lowest BCUT2D eigenvalue weighted by Gasteiger charge is -2.17. The van der Waals surface area contributed by atoms with Crippen LogP contribution in [0.15, 0.2) is 22.7 Å². The van der Waals surface area contributed by atoms with Crippen LogP contribution in [0.2, 0.25) is 0 Å². The number of amides is 1. The van der Waals surface area contributed by atoms with Gasteiger partial charge in [0.25, 0.3) is 11.6 Å². The summed E-state index contributed by atoms with van der Waals surface area (Å²) in [6.45, 7) is 6.18. The van der Waals surface area contributed by atoms with E-state index in [1.165, 1.54) is 12.1 Å². The van der Waals surface area contributed by atoms with E-state index in [4.69, 9.17) is 0 Å². The van der Waals surface area contributed by atoms with E-state index < -0.39 is 4.92 Å². The fraction of sp³-hybridized carbons (Fsp3) is 0.500. The van der Waals surface area contributed by atoms with E-state index in [-0.39, 0.29) is 27.7 Å². The molecule has 1 amide bonds. The van der Waals surface area contributed by atoms with Crippen LogP contribution in [0.1, 0.15) is 44.0 Å². The molecular formula is C14H19BrN2O3. The molecule has 20 heavy (non-hydrogen) atoms. The maximum absolute atomic E-state index is 12.2. The molecule has 5 nitrogen and oxygen atoms in total. The van der Waals surface area contributed by atoms with Crippen LogP contribution in [0.25, 0.3) is 0 Å². The maximum Gasteiger partial charge on any atom is 0.284 e. The first kappa shape index (κ1) is 16.6. The molecule has 0 bridgehead atoms. The standard InChI is InChI=1S/C14H19BrN2O3/c1-4-9(2)8-10(3)16-14(18)11-6-5-7-12(13(11)15)17(19)20/h5-7,9-10H,4,8H2,1-3H3,(H,16,18). The third kappa shape index (κ3) is 4.30. The molecule has 1 N–H and O–H groups in total. The van der Waals surface area contributed by atoms with E-state index in [9.17, 15) is 14.9 Å². The predicted octanol–water partition coefficient (Wildman–Crippen LogP) is 3.91. The van der Waals surface area contributed by atoms with Gasteiger partial charge in [0.2, 0.25) is 0 Å². The lowest BCUT2D eigenvalue weighted by Crippen LogP contribution is -2.34. The van der Waals surface area contributed by atoms with Gasteiger partial charge in [-0.05, 0) is 41.3 Å². The number of hydrogen-bond donors (Lipinski definition) is 1. The van der Waals surface area contributed by atoms with Crippen molar-refractivity contribution in [3.8, 4) is 0 Å². The number of benzene rings is 1. The molecule has 0 fully saturated rings. The Hall–Kier alpha value is -1.43. The van der Waals surface area contributed by atoms with Gasteiger partial charge in [0, 0.05) is 12.1 Å². The van der Waals surface area contributed by atoms with Gasteiger partial charge in [-0.15, -0.1) is 0 Å². The third-order valence-corrected chi connectivity index (χ3v) is 4.08. The number of rotatable bonds is 6. The molecule has 2 atom stereocenters. The van der Waals surface area contributed by atoms with Gasteiger partial charge in [-0.1, -0.05) is 26.3 Å². The summed E-state index contributed by atoms with van der Waals surface area (Å²) in [5.74, 6) is 0.232. The Morgan fingerprint density at radius 1 is 1.45 bits per heavy atom. The van der Waals surface area contributed by atoms with Gasteiger partial charge in [0.1, 0.15) is 4.47 Å². The molecule has 0 aromatic heterocycles. The summed E-state index contributed by atoms with van der Waals surface area (Å²) in [6, 6.07) is 4.48. The molecule has 0 aliphatic rings. The monoisotopic (exact) mass is 342 g/mol. The minimum Gasteiger partial charge on any atom is -0.350 e. The molecular weight excluding hydrogens is 324 g/mol. The normalized spacial score (nSPS) is 13.6. The molecule has 1 aromatic carbocycles. The third-order valence-electron chi connectivity index (χ3n) is 3.25. The number of carbonyl (C=O) groups excluding carboxylic acids is 1. The van der Waals surface area contributed by atoms with Gasteiger partial charge >= 0.3 is 0 Å². The second kappa shape index (κ2) is 7.38. The molecule has 1 rings (SSSR count). The van der Waals surface area contributed by atoms with Crippen molar-refractivity contribution in [2.24, 2.45) is 5.92 Å². The fourth-order valence-corrected chi connectivity index (χ4v) is 2.56. The van der Waals surface area contributed by atoms with Gasteiger partial charge in [-0.3, -0.25) is 14.9 Å². The Morgan fingerprint density at radius 3 is 2.65 bits per heavy atom. The molecule has 0 saturated heterocycles. The van der Waals surface area contributed by atoms with Gasteiger partial charge in [0.15, 0.2) is 0 Å². The zero-order valence-electron chi connectivity index (χ0n) is 11.9. The van der Waals surface area contributed by atoms with E-state index in [0.29, 0.717) is 5.92 Å². The highest BCUT2D eigenvalue weighted by Gasteiger charge is 2.20. The van der Waals surface area contributed by atoms with Crippen LogP contribution in [-0.2, 0) is 0 Å². The van der Waals surface area contributed by atoms with Crippen LogP contribution in [0.3, 0.4) is 0 Å².